The second kappa shape index (κ2) is 17.8. The van der Waals surface area contributed by atoms with Gasteiger partial charge in [-0.25, -0.2) is 19.6 Å². The standard InChI is InChI=1S/C41H50N8O6/c1-24(2)34(46-40(52)54-7)38(50)48(6)26(5)36-42-22-31(44-36)29-17-13-27(14-18-29)11-12-28-15-19-30(20-16-28)32-23-43-37(45-32)33-10-9-21-49(33)39(51)35(25(3)4)47-41(53)55-8/h13-20,22-26,33-35H,9-10,21H2,1-8H3,(H,42,44)(H,43,45)(H,46,52)(H,47,53)/t26-,33-,34-,35-/m0/s1. The lowest BCUT2D eigenvalue weighted by Gasteiger charge is -2.30. The zero-order chi connectivity index (χ0) is 39.8. The Bertz CT molecular complexity index is 2020. The quantitative estimate of drug-likeness (QED) is 0.139. The molecule has 4 N–H and O–H groups in total. The van der Waals surface area contributed by atoms with E-state index in [1.165, 1.54) is 14.2 Å². The van der Waals surface area contributed by atoms with Crippen LogP contribution in [0.4, 0.5) is 9.59 Å². The average molecular weight is 751 g/mol. The zero-order valence-electron chi connectivity index (χ0n) is 32.6. The van der Waals surface area contributed by atoms with Crippen LogP contribution in [0, 0.1) is 23.7 Å². The third-order valence-corrected chi connectivity index (χ3v) is 9.89. The maximum Gasteiger partial charge on any atom is 0.407 e. The van der Waals surface area contributed by atoms with Crippen molar-refractivity contribution >= 4 is 24.0 Å². The number of nitrogens with one attached hydrogen (secondary N) is 4. The van der Waals surface area contributed by atoms with Crippen molar-refractivity contribution in [2.24, 2.45) is 11.8 Å². The van der Waals surface area contributed by atoms with Gasteiger partial charge in [0.2, 0.25) is 11.8 Å². The summed E-state index contributed by atoms with van der Waals surface area (Å²) >= 11 is 0. The third kappa shape index (κ3) is 9.53. The fourth-order valence-corrected chi connectivity index (χ4v) is 6.44. The Balaban J connectivity index is 1.20. The van der Waals surface area contributed by atoms with Crippen LogP contribution >= 0.6 is 0 Å². The number of amides is 4. The highest BCUT2D eigenvalue weighted by Crippen LogP contribution is 2.33. The number of imidazole rings is 2. The van der Waals surface area contributed by atoms with Gasteiger partial charge in [-0.1, -0.05) is 63.8 Å². The molecule has 290 valence electrons. The number of carbonyl (C=O) groups is 4. The van der Waals surface area contributed by atoms with Gasteiger partial charge >= 0.3 is 12.2 Å². The third-order valence-electron chi connectivity index (χ3n) is 9.89. The van der Waals surface area contributed by atoms with Gasteiger partial charge in [0, 0.05) is 24.7 Å². The molecule has 2 aromatic carbocycles. The Kier molecular flexibility index (Phi) is 13.0. The highest BCUT2D eigenvalue weighted by atomic mass is 16.5. The Morgan fingerprint density at radius 2 is 1.29 bits per heavy atom. The Labute approximate surface area is 321 Å². The first-order valence-electron chi connectivity index (χ1n) is 18.4. The Hall–Kier alpha value is -6.10. The molecule has 2 aromatic heterocycles. The molecule has 1 aliphatic rings. The van der Waals surface area contributed by atoms with Crippen molar-refractivity contribution in [1.29, 1.82) is 0 Å². The van der Waals surface area contributed by atoms with E-state index in [-0.39, 0.29) is 35.7 Å². The average Bonchev–Trinajstić information content (AvgIpc) is 3.99. The van der Waals surface area contributed by atoms with Crippen molar-refractivity contribution in [2.45, 2.75) is 71.6 Å². The topological polar surface area (TPSA) is 175 Å². The Morgan fingerprint density at radius 3 is 1.82 bits per heavy atom. The lowest BCUT2D eigenvalue weighted by atomic mass is 10.0. The summed E-state index contributed by atoms with van der Waals surface area (Å²) in [6.07, 6.45) is 3.84. The van der Waals surface area contributed by atoms with E-state index < -0.39 is 24.3 Å². The number of aromatic nitrogens is 4. The van der Waals surface area contributed by atoms with Crippen LogP contribution in [-0.4, -0.2) is 93.6 Å². The van der Waals surface area contributed by atoms with Crippen molar-refractivity contribution in [3.8, 4) is 34.4 Å². The SMILES string of the molecule is COC(=O)N[C@H](C(=O)N(C)[C@@H](C)c1ncc(-c2ccc(C#Cc3ccc(-c4cnc([C@@H]5CCCN5C(=O)[C@@H](NC(=O)OC)C(C)C)[nH]4)cc3)cc2)[nH]1)C(C)C. The molecule has 5 rings (SSSR count). The van der Waals surface area contributed by atoms with E-state index in [0.29, 0.717) is 18.2 Å². The van der Waals surface area contributed by atoms with Crippen LogP contribution in [-0.2, 0) is 19.1 Å². The van der Waals surface area contributed by atoms with Gasteiger partial charge in [0.15, 0.2) is 0 Å². The number of nitrogens with zero attached hydrogens (tertiary/aromatic N) is 4. The van der Waals surface area contributed by atoms with Crippen LogP contribution in [0.5, 0.6) is 0 Å². The van der Waals surface area contributed by atoms with Crippen LogP contribution in [0.15, 0.2) is 60.9 Å². The molecule has 0 unspecified atom stereocenters. The lowest BCUT2D eigenvalue weighted by molar-refractivity contribution is -0.136. The minimum absolute atomic E-state index is 0.108. The predicted molar refractivity (Wildman–Crippen MR) is 207 cm³/mol. The number of hydrogen-bond donors (Lipinski definition) is 4. The number of likely N-dealkylation sites (N-methyl/N-ethyl adjacent to an activating group) is 1. The largest absolute Gasteiger partial charge is 0.453 e. The van der Waals surface area contributed by atoms with Crippen LogP contribution in [0.25, 0.3) is 22.5 Å². The summed E-state index contributed by atoms with van der Waals surface area (Å²) in [5, 5.41) is 5.31. The monoisotopic (exact) mass is 750 g/mol. The number of carbonyl (C=O) groups excluding carboxylic acids is 4. The highest BCUT2D eigenvalue weighted by Gasteiger charge is 2.37. The van der Waals surface area contributed by atoms with Gasteiger partial charge in [0.05, 0.1) is 50.1 Å². The molecule has 1 aliphatic heterocycles. The van der Waals surface area contributed by atoms with E-state index in [9.17, 15) is 19.2 Å². The van der Waals surface area contributed by atoms with Crippen LogP contribution in [0.2, 0.25) is 0 Å². The van der Waals surface area contributed by atoms with Crippen LogP contribution in [0.1, 0.15) is 82.3 Å². The van der Waals surface area contributed by atoms with Gasteiger partial charge in [0.25, 0.3) is 0 Å². The van der Waals surface area contributed by atoms with E-state index in [4.69, 9.17) is 9.47 Å². The first kappa shape index (κ1) is 40.1. The molecule has 4 aromatic rings. The fourth-order valence-electron chi connectivity index (χ4n) is 6.44. The van der Waals surface area contributed by atoms with Crippen LogP contribution in [0.3, 0.4) is 0 Å². The maximum absolute atomic E-state index is 13.5. The van der Waals surface area contributed by atoms with E-state index >= 15 is 0 Å². The number of ether oxygens (including phenoxy) is 2. The maximum atomic E-state index is 13.5. The summed E-state index contributed by atoms with van der Waals surface area (Å²) in [6.45, 7) is 9.97. The van der Waals surface area contributed by atoms with Crippen molar-refractivity contribution < 1.29 is 28.7 Å². The number of methoxy groups -OCH3 is 2. The van der Waals surface area contributed by atoms with Gasteiger partial charge < -0.3 is 39.9 Å². The minimum atomic E-state index is -0.734. The molecule has 0 aliphatic carbocycles. The Morgan fingerprint density at radius 1 is 0.782 bits per heavy atom. The molecule has 14 nitrogen and oxygen atoms in total. The number of aromatic amines is 2. The minimum Gasteiger partial charge on any atom is -0.453 e. The number of hydrogen-bond acceptors (Lipinski definition) is 8. The molecule has 14 heteroatoms. The molecular formula is C41H50N8O6. The normalized spacial score (nSPS) is 15.5. The number of likely N-dealkylation sites (tertiary alicyclic amines) is 1. The van der Waals surface area contributed by atoms with Gasteiger partial charge in [-0.2, -0.15) is 0 Å². The molecule has 3 heterocycles. The lowest BCUT2D eigenvalue weighted by Crippen LogP contribution is -2.51. The molecular weight excluding hydrogens is 701 g/mol. The smallest absolute Gasteiger partial charge is 0.407 e. The summed E-state index contributed by atoms with van der Waals surface area (Å²) in [5.41, 5.74) is 5.20. The van der Waals surface area contributed by atoms with Gasteiger partial charge in [-0.05, 0) is 67.0 Å². The summed E-state index contributed by atoms with van der Waals surface area (Å²) in [6, 6.07) is 13.7. The second-order valence-corrected chi connectivity index (χ2v) is 14.3. The molecule has 4 amide bonds. The van der Waals surface area contributed by atoms with Crippen LogP contribution < -0.4 is 10.6 Å². The molecule has 0 radical (unpaired) electrons. The summed E-state index contributed by atoms with van der Waals surface area (Å²) in [4.78, 5) is 69.7. The molecule has 1 saturated heterocycles. The molecule has 0 spiro atoms. The summed E-state index contributed by atoms with van der Waals surface area (Å²) in [5.74, 6) is 7.15. The summed E-state index contributed by atoms with van der Waals surface area (Å²) in [7, 11) is 4.23. The van der Waals surface area contributed by atoms with Gasteiger partial charge in [-0.15, -0.1) is 0 Å². The van der Waals surface area contributed by atoms with Crippen molar-refractivity contribution in [1.82, 2.24) is 40.4 Å². The van der Waals surface area contributed by atoms with Crippen molar-refractivity contribution in [2.75, 3.05) is 27.8 Å². The molecule has 55 heavy (non-hydrogen) atoms. The van der Waals surface area contributed by atoms with E-state index in [1.54, 1.807) is 29.2 Å². The first-order chi connectivity index (χ1) is 26.3. The van der Waals surface area contributed by atoms with E-state index in [1.807, 2.05) is 83.1 Å². The molecule has 0 bridgehead atoms. The number of H-pyrrole nitrogens is 2. The number of alkyl carbamates (subject to hydrolysis) is 2. The van der Waals surface area contributed by atoms with Crippen molar-refractivity contribution in [3.05, 3.63) is 83.7 Å². The molecule has 4 atom stereocenters. The van der Waals surface area contributed by atoms with E-state index in [0.717, 1.165) is 46.5 Å². The molecule has 0 saturated carbocycles. The molecule has 1 fully saturated rings. The highest BCUT2D eigenvalue weighted by molar-refractivity contribution is 5.87. The number of rotatable bonds is 11. The predicted octanol–water partition coefficient (Wildman–Crippen LogP) is 5.81. The summed E-state index contributed by atoms with van der Waals surface area (Å²) < 4.78 is 9.43. The zero-order valence-corrected chi connectivity index (χ0v) is 32.6. The van der Waals surface area contributed by atoms with Crippen molar-refractivity contribution in [3.63, 3.8) is 0 Å². The van der Waals surface area contributed by atoms with Gasteiger partial charge in [-0.3, -0.25) is 9.59 Å². The van der Waals surface area contributed by atoms with E-state index in [2.05, 4.69) is 42.4 Å². The first-order valence-corrected chi connectivity index (χ1v) is 18.4. The second-order valence-electron chi connectivity index (χ2n) is 14.3. The van der Waals surface area contributed by atoms with Gasteiger partial charge in [0.1, 0.15) is 23.7 Å². The number of benzene rings is 2. The fraction of sp³-hybridized carbons (Fsp3) is 0.415.